The van der Waals surface area contributed by atoms with Crippen molar-refractivity contribution in [2.24, 2.45) is 0 Å². The third-order valence-electron chi connectivity index (χ3n) is 4.40. The molecule has 0 aliphatic rings. The van der Waals surface area contributed by atoms with E-state index < -0.39 is 0 Å². The third kappa shape index (κ3) is 1.86. The van der Waals surface area contributed by atoms with Gasteiger partial charge in [0.2, 0.25) is 0 Å². The van der Waals surface area contributed by atoms with Gasteiger partial charge in [0.25, 0.3) is 5.56 Å². The molecular weight excluding hydrogens is 298 g/mol. The van der Waals surface area contributed by atoms with Crippen LogP contribution in [0.5, 0.6) is 0 Å². The van der Waals surface area contributed by atoms with Gasteiger partial charge in [-0.3, -0.25) is 4.79 Å². The Hall–Kier alpha value is -3.40. The fourth-order valence-electron chi connectivity index (χ4n) is 3.22. The van der Waals surface area contributed by atoms with E-state index in [-0.39, 0.29) is 5.56 Å². The molecule has 3 aromatic carbocycles. The average Bonchev–Trinajstić information content (AvgIpc) is 3.03. The Bertz CT molecular complexity index is 1280. The molecule has 0 spiro atoms. The van der Waals surface area contributed by atoms with Gasteiger partial charge < -0.3 is 9.97 Å². The van der Waals surface area contributed by atoms with Gasteiger partial charge in [-0.2, -0.15) is 0 Å². The van der Waals surface area contributed by atoms with Gasteiger partial charge >= 0.3 is 0 Å². The van der Waals surface area contributed by atoms with E-state index in [1.807, 2.05) is 66.9 Å². The van der Waals surface area contributed by atoms with E-state index >= 15 is 0 Å². The number of para-hydroxylation sites is 1. The van der Waals surface area contributed by atoms with Crippen molar-refractivity contribution in [3.05, 3.63) is 77.2 Å². The van der Waals surface area contributed by atoms with Crippen molar-refractivity contribution in [2.75, 3.05) is 0 Å². The van der Waals surface area contributed by atoms with Crippen LogP contribution in [-0.2, 0) is 0 Å². The lowest BCUT2D eigenvalue weighted by Crippen LogP contribution is -2.11. The molecule has 4 heteroatoms. The van der Waals surface area contributed by atoms with Crippen LogP contribution in [0.3, 0.4) is 0 Å². The molecule has 2 heterocycles. The standard InChI is InChI=1S/C20H13N3O/c24-20-19(15-11-21-16-8-4-3-7-14(15)16)22-17-9-12-5-1-2-6-13(12)10-18(17)23-20/h1-11,21H,(H,23,24). The molecular formula is C20H13N3O. The van der Waals surface area contributed by atoms with E-state index in [0.29, 0.717) is 5.69 Å². The molecule has 0 saturated carbocycles. The highest BCUT2D eigenvalue weighted by Gasteiger charge is 2.12. The predicted octanol–water partition coefficient (Wildman–Crippen LogP) is 4.22. The normalized spacial score (nSPS) is 11.5. The Kier molecular flexibility index (Phi) is 2.61. The number of aromatic nitrogens is 3. The Morgan fingerprint density at radius 1 is 0.833 bits per heavy atom. The molecule has 2 N–H and O–H groups in total. The van der Waals surface area contributed by atoms with Gasteiger partial charge in [0.15, 0.2) is 0 Å². The fraction of sp³-hybridized carbons (Fsp3) is 0. The predicted molar refractivity (Wildman–Crippen MR) is 97.2 cm³/mol. The van der Waals surface area contributed by atoms with Gasteiger partial charge in [0.1, 0.15) is 5.69 Å². The summed E-state index contributed by atoms with van der Waals surface area (Å²) in [7, 11) is 0. The Labute approximate surface area is 136 Å². The quantitative estimate of drug-likeness (QED) is 0.455. The first-order valence-corrected chi connectivity index (χ1v) is 7.79. The molecule has 4 nitrogen and oxygen atoms in total. The number of rotatable bonds is 1. The number of nitrogens with one attached hydrogen (secondary N) is 2. The van der Waals surface area contributed by atoms with Crippen molar-refractivity contribution in [3.8, 4) is 11.3 Å². The topological polar surface area (TPSA) is 61.5 Å². The molecule has 114 valence electrons. The third-order valence-corrected chi connectivity index (χ3v) is 4.40. The SMILES string of the molecule is O=c1[nH]c2cc3ccccc3cc2nc1-c1c[nH]c2ccccc12. The number of hydrogen-bond donors (Lipinski definition) is 2. The van der Waals surface area contributed by atoms with E-state index in [1.54, 1.807) is 0 Å². The van der Waals surface area contributed by atoms with Crippen molar-refractivity contribution in [3.63, 3.8) is 0 Å². The number of aromatic amines is 2. The lowest BCUT2D eigenvalue weighted by molar-refractivity contribution is 1.23. The maximum absolute atomic E-state index is 12.6. The van der Waals surface area contributed by atoms with E-state index in [0.717, 1.165) is 38.3 Å². The van der Waals surface area contributed by atoms with Gasteiger partial charge in [0.05, 0.1) is 11.0 Å². The molecule has 0 fully saturated rings. The van der Waals surface area contributed by atoms with Crippen molar-refractivity contribution in [2.45, 2.75) is 0 Å². The summed E-state index contributed by atoms with van der Waals surface area (Å²) in [6, 6.07) is 20.0. The molecule has 0 saturated heterocycles. The summed E-state index contributed by atoms with van der Waals surface area (Å²) in [5, 5.41) is 3.19. The summed E-state index contributed by atoms with van der Waals surface area (Å²) in [5.74, 6) is 0. The summed E-state index contributed by atoms with van der Waals surface area (Å²) >= 11 is 0. The van der Waals surface area contributed by atoms with Crippen molar-refractivity contribution < 1.29 is 0 Å². The van der Waals surface area contributed by atoms with Crippen LogP contribution in [0, 0.1) is 0 Å². The fourth-order valence-corrected chi connectivity index (χ4v) is 3.22. The maximum atomic E-state index is 12.6. The number of benzene rings is 3. The van der Waals surface area contributed by atoms with E-state index in [4.69, 9.17) is 0 Å². The van der Waals surface area contributed by atoms with E-state index in [1.165, 1.54) is 0 Å². The largest absolute Gasteiger partial charge is 0.360 e. The molecule has 0 amide bonds. The minimum Gasteiger partial charge on any atom is -0.360 e. The van der Waals surface area contributed by atoms with E-state index in [2.05, 4.69) is 15.0 Å². The average molecular weight is 311 g/mol. The second-order valence-corrected chi connectivity index (χ2v) is 5.88. The summed E-state index contributed by atoms with van der Waals surface area (Å²) in [6.45, 7) is 0. The number of hydrogen-bond acceptors (Lipinski definition) is 2. The van der Waals surface area contributed by atoms with Crippen LogP contribution >= 0.6 is 0 Å². The second-order valence-electron chi connectivity index (χ2n) is 5.88. The van der Waals surface area contributed by atoms with Crippen molar-refractivity contribution in [1.29, 1.82) is 0 Å². The van der Waals surface area contributed by atoms with Crippen LogP contribution in [0.1, 0.15) is 0 Å². The summed E-state index contributed by atoms with van der Waals surface area (Å²) in [5.41, 5.74) is 3.61. The molecule has 24 heavy (non-hydrogen) atoms. The first-order chi connectivity index (χ1) is 11.8. The van der Waals surface area contributed by atoms with Gasteiger partial charge in [-0.15, -0.1) is 0 Å². The Morgan fingerprint density at radius 3 is 2.46 bits per heavy atom. The molecule has 0 radical (unpaired) electrons. The van der Waals surface area contributed by atoms with Crippen LogP contribution < -0.4 is 5.56 Å². The van der Waals surface area contributed by atoms with Crippen LogP contribution in [0.2, 0.25) is 0 Å². The lowest BCUT2D eigenvalue weighted by Gasteiger charge is -2.04. The molecule has 5 rings (SSSR count). The number of fused-ring (bicyclic) bond motifs is 3. The summed E-state index contributed by atoms with van der Waals surface area (Å²) < 4.78 is 0. The highest BCUT2D eigenvalue weighted by Crippen LogP contribution is 2.26. The molecule has 5 aromatic rings. The number of nitrogens with zero attached hydrogens (tertiary/aromatic N) is 1. The molecule has 0 aliphatic heterocycles. The molecule has 0 aliphatic carbocycles. The zero-order chi connectivity index (χ0) is 16.1. The molecule has 0 bridgehead atoms. The highest BCUT2D eigenvalue weighted by molar-refractivity contribution is 5.98. The zero-order valence-electron chi connectivity index (χ0n) is 12.7. The van der Waals surface area contributed by atoms with Crippen LogP contribution in [0.15, 0.2) is 71.7 Å². The Balaban J connectivity index is 1.84. The number of H-pyrrole nitrogens is 2. The summed E-state index contributed by atoms with van der Waals surface area (Å²) in [6.07, 6.45) is 1.84. The molecule has 0 atom stereocenters. The smallest absolute Gasteiger partial charge is 0.275 e. The molecule has 0 unspecified atom stereocenters. The maximum Gasteiger partial charge on any atom is 0.275 e. The summed E-state index contributed by atoms with van der Waals surface area (Å²) in [4.78, 5) is 23.4. The van der Waals surface area contributed by atoms with Crippen LogP contribution in [-0.4, -0.2) is 15.0 Å². The lowest BCUT2D eigenvalue weighted by atomic mass is 10.1. The van der Waals surface area contributed by atoms with Crippen LogP contribution in [0.4, 0.5) is 0 Å². The monoisotopic (exact) mass is 311 g/mol. The van der Waals surface area contributed by atoms with Gasteiger partial charge in [0, 0.05) is 22.7 Å². The molecule has 2 aromatic heterocycles. The first kappa shape index (κ1) is 13.1. The van der Waals surface area contributed by atoms with Gasteiger partial charge in [-0.05, 0) is 29.0 Å². The minimum atomic E-state index is -0.178. The van der Waals surface area contributed by atoms with Crippen LogP contribution in [0.25, 0.3) is 44.0 Å². The van der Waals surface area contributed by atoms with Gasteiger partial charge in [-0.25, -0.2) is 4.98 Å². The second kappa shape index (κ2) is 4.80. The Morgan fingerprint density at radius 2 is 1.58 bits per heavy atom. The highest BCUT2D eigenvalue weighted by atomic mass is 16.1. The van der Waals surface area contributed by atoms with Gasteiger partial charge in [-0.1, -0.05) is 42.5 Å². The zero-order valence-corrected chi connectivity index (χ0v) is 12.7. The first-order valence-electron chi connectivity index (χ1n) is 7.79. The van der Waals surface area contributed by atoms with Crippen molar-refractivity contribution in [1.82, 2.24) is 15.0 Å². The van der Waals surface area contributed by atoms with E-state index in [9.17, 15) is 4.79 Å². The minimum absolute atomic E-state index is 0.178. The van der Waals surface area contributed by atoms with Crippen molar-refractivity contribution >= 4 is 32.7 Å².